The van der Waals surface area contributed by atoms with Gasteiger partial charge in [0.15, 0.2) is 0 Å². The molecule has 0 bridgehead atoms. The molecule has 0 atom stereocenters. The zero-order chi connectivity index (χ0) is 13.5. The minimum atomic E-state index is 0.475. The van der Waals surface area contributed by atoms with E-state index in [1.54, 1.807) is 0 Å². The average molecular weight is 247 g/mol. The van der Waals surface area contributed by atoms with E-state index in [0.717, 1.165) is 24.4 Å². The van der Waals surface area contributed by atoms with Crippen molar-refractivity contribution in [3.05, 3.63) is 41.5 Å². The van der Waals surface area contributed by atoms with Gasteiger partial charge in [-0.1, -0.05) is 39.5 Å². The second kappa shape index (κ2) is 7.22. The van der Waals surface area contributed by atoms with Gasteiger partial charge < -0.3 is 10.1 Å². The van der Waals surface area contributed by atoms with Crippen molar-refractivity contribution in [2.24, 2.45) is 0 Å². The summed E-state index contributed by atoms with van der Waals surface area (Å²) in [5.74, 6) is 1.46. The maximum Gasteiger partial charge on any atom is 0.123 e. The van der Waals surface area contributed by atoms with Crippen molar-refractivity contribution in [2.45, 2.75) is 33.6 Å². The first-order chi connectivity index (χ1) is 8.54. The van der Waals surface area contributed by atoms with Crippen molar-refractivity contribution >= 4 is 0 Å². The van der Waals surface area contributed by atoms with Crippen LogP contribution in [0.3, 0.4) is 0 Å². The van der Waals surface area contributed by atoms with E-state index in [1.807, 2.05) is 0 Å². The monoisotopic (exact) mass is 247 g/mol. The van der Waals surface area contributed by atoms with Crippen LogP contribution in [-0.2, 0) is 0 Å². The first-order valence-corrected chi connectivity index (χ1v) is 6.65. The minimum absolute atomic E-state index is 0.475. The Morgan fingerprint density at radius 1 is 1.39 bits per heavy atom. The fourth-order valence-corrected chi connectivity index (χ4v) is 1.78. The van der Waals surface area contributed by atoms with Crippen LogP contribution in [0.2, 0.25) is 0 Å². The Hall–Kier alpha value is -1.28. The molecule has 0 saturated heterocycles. The summed E-state index contributed by atoms with van der Waals surface area (Å²) in [5.41, 5.74) is 3.57. The summed E-state index contributed by atoms with van der Waals surface area (Å²) in [6.07, 6.45) is 0. The molecule has 0 spiro atoms. The molecule has 0 radical (unpaired) electrons. The fourth-order valence-electron chi connectivity index (χ4n) is 1.78. The fraction of sp³-hybridized carbons (Fsp3) is 0.500. The van der Waals surface area contributed by atoms with Gasteiger partial charge in [-0.15, -0.1) is 0 Å². The Bertz CT molecular complexity index is 396. The van der Waals surface area contributed by atoms with E-state index in [1.165, 1.54) is 11.1 Å². The summed E-state index contributed by atoms with van der Waals surface area (Å²) in [6.45, 7) is 14.9. The van der Waals surface area contributed by atoms with E-state index in [4.69, 9.17) is 4.74 Å². The molecule has 18 heavy (non-hydrogen) atoms. The number of nitrogens with one attached hydrogen (secondary N) is 1. The second-order valence-electron chi connectivity index (χ2n) is 5.01. The highest BCUT2D eigenvalue weighted by molar-refractivity contribution is 5.39. The molecule has 0 heterocycles. The Kier molecular flexibility index (Phi) is 5.93. The summed E-state index contributed by atoms with van der Waals surface area (Å²) >= 11 is 0. The highest BCUT2D eigenvalue weighted by Crippen LogP contribution is 2.27. The Balaban J connectivity index is 2.65. The molecule has 0 aliphatic carbocycles. The van der Waals surface area contributed by atoms with Crippen molar-refractivity contribution in [3.63, 3.8) is 0 Å². The molecule has 0 saturated carbocycles. The lowest BCUT2D eigenvalue weighted by molar-refractivity contribution is 0.343. The van der Waals surface area contributed by atoms with E-state index in [9.17, 15) is 0 Å². The van der Waals surface area contributed by atoms with Gasteiger partial charge >= 0.3 is 0 Å². The van der Waals surface area contributed by atoms with Crippen molar-refractivity contribution in [1.82, 2.24) is 5.32 Å². The lowest BCUT2D eigenvalue weighted by Gasteiger charge is -2.15. The van der Waals surface area contributed by atoms with Crippen molar-refractivity contribution in [1.29, 1.82) is 0 Å². The standard InChI is InChI=1S/C16H25NO/c1-6-17-10-14(5)11-18-16-9-13(4)7-8-15(16)12(2)3/h7-9,12,17H,5-6,10-11H2,1-4H3. The Morgan fingerprint density at radius 3 is 2.72 bits per heavy atom. The van der Waals surface area contributed by atoms with E-state index < -0.39 is 0 Å². The number of ether oxygens (including phenoxy) is 1. The zero-order valence-corrected chi connectivity index (χ0v) is 12.0. The Morgan fingerprint density at radius 2 is 2.11 bits per heavy atom. The Labute approximate surface area is 111 Å². The number of benzene rings is 1. The first kappa shape index (κ1) is 14.8. The molecule has 0 fully saturated rings. The second-order valence-corrected chi connectivity index (χ2v) is 5.01. The maximum atomic E-state index is 5.90. The van der Waals surface area contributed by atoms with E-state index in [0.29, 0.717) is 12.5 Å². The van der Waals surface area contributed by atoms with Gasteiger partial charge in [0.1, 0.15) is 12.4 Å². The SMILES string of the molecule is C=C(CNCC)COc1cc(C)ccc1C(C)C. The molecule has 0 aliphatic rings. The van der Waals surface area contributed by atoms with Gasteiger partial charge in [0.2, 0.25) is 0 Å². The first-order valence-electron chi connectivity index (χ1n) is 6.65. The van der Waals surface area contributed by atoms with Crippen LogP contribution in [0.25, 0.3) is 0 Å². The normalized spacial score (nSPS) is 10.7. The van der Waals surface area contributed by atoms with Crippen LogP contribution < -0.4 is 10.1 Å². The number of rotatable bonds is 7. The molecular formula is C16H25NO. The lowest BCUT2D eigenvalue weighted by Crippen LogP contribution is -2.19. The van der Waals surface area contributed by atoms with Gasteiger partial charge in [0.05, 0.1) is 0 Å². The molecule has 1 rings (SSSR count). The molecule has 1 N–H and O–H groups in total. The smallest absolute Gasteiger partial charge is 0.123 e. The summed E-state index contributed by atoms with van der Waals surface area (Å²) < 4.78 is 5.90. The number of aryl methyl sites for hydroxylation is 1. The van der Waals surface area contributed by atoms with Gasteiger partial charge in [0.25, 0.3) is 0 Å². The van der Waals surface area contributed by atoms with Crippen molar-refractivity contribution < 1.29 is 4.74 Å². The molecule has 0 aliphatic heterocycles. The molecule has 1 aromatic rings. The molecule has 2 heteroatoms. The predicted octanol–water partition coefficient (Wildman–Crippen LogP) is 3.66. The van der Waals surface area contributed by atoms with Crippen molar-refractivity contribution in [3.8, 4) is 5.75 Å². The van der Waals surface area contributed by atoms with Crippen LogP contribution in [0, 0.1) is 6.92 Å². The van der Waals surface area contributed by atoms with Crippen molar-refractivity contribution in [2.75, 3.05) is 19.7 Å². The lowest BCUT2D eigenvalue weighted by atomic mass is 10.0. The van der Waals surface area contributed by atoms with E-state index in [-0.39, 0.29) is 0 Å². The molecule has 1 aromatic carbocycles. The van der Waals surface area contributed by atoms with Crippen LogP contribution in [0.1, 0.15) is 37.8 Å². The molecule has 0 amide bonds. The third kappa shape index (κ3) is 4.53. The molecule has 100 valence electrons. The van der Waals surface area contributed by atoms with Gasteiger partial charge in [0, 0.05) is 6.54 Å². The van der Waals surface area contributed by atoms with Crippen LogP contribution in [-0.4, -0.2) is 19.7 Å². The largest absolute Gasteiger partial charge is 0.489 e. The van der Waals surface area contributed by atoms with E-state index >= 15 is 0 Å². The van der Waals surface area contributed by atoms with Crippen LogP contribution in [0.15, 0.2) is 30.4 Å². The number of hydrogen-bond donors (Lipinski definition) is 1. The molecular weight excluding hydrogens is 222 g/mol. The van der Waals surface area contributed by atoms with Crippen LogP contribution >= 0.6 is 0 Å². The molecule has 0 aromatic heterocycles. The van der Waals surface area contributed by atoms with Gasteiger partial charge in [-0.3, -0.25) is 0 Å². The third-order valence-corrected chi connectivity index (χ3v) is 2.85. The number of likely N-dealkylation sites (N-methyl/N-ethyl adjacent to an activating group) is 1. The summed E-state index contributed by atoms with van der Waals surface area (Å²) in [4.78, 5) is 0. The highest BCUT2D eigenvalue weighted by Gasteiger charge is 2.08. The predicted molar refractivity (Wildman–Crippen MR) is 78.4 cm³/mol. The van der Waals surface area contributed by atoms with E-state index in [2.05, 4.69) is 57.8 Å². The molecule has 0 unspecified atom stereocenters. The zero-order valence-electron chi connectivity index (χ0n) is 12.0. The summed E-state index contributed by atoms with van der Waals surface area (Å²) in [5, 5.41) is 3.25. The van der Waals surface area contributed by atoms with Gasteiger partial charge in [-0.05, 0) is 42.2 Å². The molecule has 2 nitrogen and oxygen atoms in total. The topological polar surface area (TPSA) is 21.3 Å². The maximum absolute atomic E-state index is 5.90. The van der Waals surface area contributed by atoms with Gasteiger partial charge in [-0.25, -0.2) is 0 Å². The van der Waals surface area contributed by atoms with Crippen LogP contribution in [0.4, 0.5) is 0 Å². The summed E-state index contributed by atoms with van der Waals surface area (Å²) in [7, 11) is 0. The summed E-state index contributed by atoms with van der Waals surface area (Å²) in [6, 6.07) is 6.40. The quantitative estimate of drug-likeness (QED) is 0.742. The number of hydrogen-bond acceptors (Lipinski definition) is 2. The highest BCUT2D eigenvalue weighted by atomic mass is 16.5. The third-order valence-electron chi connectivity index (χ3n) is 2.85. The van der Waals surface area contributed by atoms with Crippen LogP contribution in [0.5, 0.6) is 5.75 Å². The average Bonchev–Trinajstić information content (AvgIpc) is 2.33. The van der Waals surface area contributed by atoms with Gasteiger partial charge in [-0.2, -0.15) is 0 Å². The minimum Gasteiger partial charge on any atom is -0.489 e.